The third-order valence-corrected chi connectivity index (χ3v) is 6.28. The fourth-order valence-corrected chi connectivity index (χ4v) is 5.51. The summed E-state index contributed by atoms with van der Waals surface area (Å²) in [6.45, 7) is 0. The molecule has 0 amide bonds. The Labute approximate surface area is 155 Å². The normalized spacial score (nSPS) is 17.0. The molecule has 0 aliphatic carbocycles. The Hall–Kier alpha value is 1.42. The molecule has 0 aromatic heterocycles. The number of rotatable bonds is 13. The predicted octanol–water partition coefficient (Wildman–Crippen LogP) is 4.08. The van der Waals surface area contributed by atoms with Crippen LogP contribution in [0.15, 0.2) is 0 Å². The Morgan fingerprint density at radius 2 is 1.30 bits per heavy atom. The fourth-order valence-electron chi connectivity index (χ4n) is 2.31. The molecule has 2 unspecified atom stereocenters. The molecule has 0 aliphatic rings. The van der Waals surface area contributed by atoms with Crippen molar-refractivity contribution in [2.75, 3.05) is 23.5 Å². The minimum Gasteiger partial charge on any atom is -0.302 e. The van der Waals surface area contributed by atoms with Gasteiger partial charge in [-0.15, -0.1) is 46.4 Å². The van der Waals surface area contributed by atoms with Gasteiger partial charge in [0, 0.05) is 28.9 Å². The number of phosphoric ester groups is 1. The van der Waals surface area contributed by atoms with E-state index in [9.17, 15) is 14.0 Å². The maximum Gasteiger partial charge on any atom is 0.481 e. The lowest BCUT2D eigenvalue weighted by atomic mass is 9.74. The molecule has 0 aromatic carbocycles. The lowest BCUT2D eigenvalue weighted by Gasteiger charge is -2.40. The maximum atomic E-state index is 11.9. The highest BCUT2D eigenvalue weighted by Gasteiger charge is 2.44. The molecule has 0 aromatic rings. The molecule has 13 heteroatoms. The Morgan fingerprint density at radius 3 is 1.61 bits per heavy atom. The van der Waals surface area contributed by atoms with Crippen LogP contribution in [0.2, 0.25) is 0 Å². The average Bonchev–Trinajstić information content (AvgIpc) is 2.35. The summed E-state index contributed by atoms with van der Waals surface area (Å²) < 4.78 is 31.5. The summed E-state index contributed by atoms with van der Waals surface area (Å²) in [6, 6.07) is 0. The van der Waals surface area contributed by atoms with Crippen LogP contribution in [0.3, 0.4) is 0 Å². The standard InChI is InChI=1S/C10H20Cl4O7P2/c11-5-1-9(20-23(18,19)21-22(15,16)17)10(2-6-12,3-7-13)4-8-14/h9H,1-8H2,(H,18,19)(H2,15,16,17). The van der Waals surface area contributed by atoms with E-state index in [1.807, 2.05) is 0 Å². The van der Waals surface area contributed by atoms with Crippen molar-refractivity contribution < 1.29 is 32.6 Å². The molecular weight excluding hydrogens is 436 g/mol. The van der Waals surface area contributed by atoms with Gasteiger partial charge in [-0.05, 0) is 25.7 Å². The highest BCUT2D eigenvalue weighted by molar-refractivity contribution is 7.60. The van der Waals surface area contributed by atoms with Gasteiger partial charge in [0.15, 0.2) is 0 Å². The zero-order chi connectivity index (χ0) is 18.1. The number of alkyl halides is 4. The molecule has 0 aliphatic heterocycles. The van der Waals surface area contributed by atoms with E-state index in [1.165, 1.54) is 0 Å². The molecule has 0 spiro atoms. The van der Waals surface area contributed by atoms with Crippen molar-refractivity contribution in [2.24, 2.45) is 5.41 Å². The largest absolute Gasteiger partial charge is 0.481 e. The summed E-state index contributed by atoms with van der Waals surface area (Å²) in [6.07, 6.45) is 0.266. The quantitative estimate of drug-likeness (QED) is 0.283. The van der Waals surface area contributed by atoms with Gasteiger partial charge >= 0.3 is 15.6 Å². The van der Waals surface area contributed by atoms with Gasteiger partial charge in [0.1, 0.15) is 0 Å². The first-order valence-corrected chi connectivity index (χ1v) is 11.7. The zero-order valence-electron chi connectivity index (χ0n) is 12.1. The van der Waals surface area contributed by atoms with E-state index in [0.717, 1.165) is 0 Å². The van der Waals surface area contributed by atoms with E-state index >= 15 is 0 Å². The van der Waals surface area contributed by atoms with Gasteiger partial charge in [0.05, 0.1) is 6.10 Å². The number of hydrogen-bond acceptors (Lipinski definition) is 4. The van der Waals surface area contributed by atoms with Gasteiger partial charge in [-0.1, -0.05) is 0 Å². The van der Waals surface area contributed by atoms with Crippen LogP contribution in [0.1, 0.15) is 25.7 Å². The molecule has 0 radical (unpaired) electrons. The average molecular weight is 456 g/mol. The van der Waals surface area contributed by atoms with Crippen LogP contribution in [0, 0.1) is 5.41 Å². The maximum absolute atomic E-state index is 11.9. The molecule has 0 saturated heterocycles. The predicted molar refractivity (Wildman–Crippen MR) is 91.6 cm³/mol. The molecule has 7 nitrogen and oxygen atoms in total. The molecule has 0 heterocycles. The van der Waals surface area contributed by atoms with E-state index < -0.39 is 27.2 Å². The minimum absolute atomic E-state index is 0.0786. The fraction of sp³-hybridized carbons (Fsp3) is 1.00. The van der Waals surface area contributed by atoms with Gasteiger partial charge in [-0.25, -0.2) is 9.13 Å². The number of phosphoric acid groups is 2. The van der Waals surface area contributed by atoms with Gasteiger partial charge < -0.3 is 14.7 Å². The zero-order valence-corrected chi connectivity index (χ0v) is 16.9. The van der Waals surface area contributed by atoms with E-state index in [2.05, 4.69) is 4.31 Å². The Bertz CT molecular complexity index is 416. The van der Waals surface area contributed by atoms with E-state index in [-0.39, 0.29) is 29.9 Å². The van der Waals surface area contributed by atoms with Gasteiger partial charge in [-0.2, -0.15) is 4.31 Å². The molecular formula is C10H20Cl4O7P2. The Balaban J connectivity index is 5.51. The van der Waals surface area contributed by atoms with Crippen molar-refractivity contribution in [3.8, 4) is 0 Å². The van der Waals surface area contributed by atoms with Crippen LogP contribution in [-0.4, -0.2) is 44.3 Å². The van der Waals surface area contributed by atoms with Crippen LogP contribution >= 0.6 is 62.0 Å². The van der Waals surface area contributed by atoms with E-state index in [1.54, 1.807) is 0 Å². The van der Waals surface area contributed by atoms with Crippen molar-refractivity contribution in [3.05, 3.63) is 0 Å². The SMILES string of the molecule is O=P(O)(O)OP(=O)(O)OC(CCCl)C(CCCl)(CCCl)CCCl. The van der Waals surface area contributed by atoms with Crippen LogP contribution in [-0.2, 0) is 18.0 Å². The van der Waals surface area contributed by atoms with Gasteiger partial charge in [0.25, 0.3) is 0 Å². The second-order valence-corrected chi connectivity index (χ2v) is 9.09. The summed E-state index contributed by atoms with van der Waals surface area (Å²) >= 11 is 23.2. The molecule has 0 saturated carbocycles. The third-order valence-electron chi connectivity index (χ3n) is 3.30. The summed E-state index contributed by atoms with van der Waals surface area (Å²) in [7, 11) is -10.2. The Morgan fingerprint density at radius 1 is 0.870 bits per heavy atom. The van der Waals surface area contributed by atoms with Crippen LogP contribution in [0.25, 0.3) is 0 Å². The van der Waals surface area contributed by atoms with Crippen molar-refractivity contribution in [3.63, 3.8) is 0 Å². The molecule has 23 heavy (non-hydrogen) atoms. The molecule has 0 bridgehead atoms. The van der Waals surface area contributed by atoms with Crippen molar-refractivity contribution in [1.29, 1.82) is 0 Å². The lowest BCUT2D eigenvalue weighted by Crippen LogP contribution is -2.39. The summed E-state index contributed by atoms with van der Waals surface area (Å²) in [5, 5.41) is 0. The Kier molecular flexibility index (Phi) is 11.9. The van der Waals surface area contributed by atoms with Crippen LogP contribution in [0.4, 0.5) is 0 Å². The highest BCUT2D eigenvalue weighted by atomic mass is 35.5. The van der Waals surface area contributed by atoms with Crippen LogP contribution < -0.4 is 0 Å². The second-order valence-electron chi connectivity index (χ2n) is 4.79. The monoisotopic (exact) mass is 454 g/mol. The van der Waals surface area contributed by atoms with Gasteiger partial charge in [-0.3, -0.25) is 4.52 Å². The lowest BCUT2D eigenvalue weighted by molar-refractivity contribution is 0.0117. The van der Waals surface area contributed by atoms with Crippen molar-refractivity contribution in [2.45, 2.75) is 31.8 Å². The second kappa shape index (κ2) is 11.2. The number of halogens is 4. The molecule has 3 N–H and O–H groups in total. The smallest absolute Gasteiger partial charge is 0.302 e. The number of hydrogen-bond donors (Lipinski definition) is 3. The molecule has 0 fully saturated rings. The molecule has 2 atom stereocenters. The van der Waals surface area contributed by atoms with E-state index in [0.29, 0.717) is 19.3 Å². The summed E-state index contributed by atoms with van der Waals surface area (Å²) in [5.41, 5.74) is -0.767. The van der Waals surface area contributed by atoms with E-state index in [4.69, 9.17) is 60.7 Å². The third kappa shape index (κ3) is 9.62. The highest BCUT2D eigenvalue weighted by Crippen LogP contribution is 2.60. The first-order valence-electron chi connectivity index (χ1n) is 6.58. The first kappa shape index (κ1) is 24.4. The summed E-state index contributed by atoms with van der Waals surface area (Å²) in [5.74, 6) is 0.718. The van der Waals surface area contributed by atoms with Crippen LogP contribution in [0.5, 0.6) is 0 Å². The molecule has 0 rings (SSSR count). The summed E-state index contributed by atoms with van der Waals surface area (Å²) in [4.78, 5) is 27.0. The topological polar surface area (TPSA) is 113 Å². The van der Waals surface area contributed by atoms with Crippen molar-refractivity contribution >= 4 is 62.0 Å². The van der Waals surface area contributed by atoms with Gasteiger partial charge in [0.2, 0.25) is 0 Å². The molecule has 140 valence electrons. The van der Waals surface area contributed by atoms with Crippen molar-refractivity contribution in [1.82, 2.24) is 0 Å². The first-order chi connectivity index (χ1) is 10.6. The minimum atomic E-state index is -5.21.